The normalized spacial score (nSPS) is 10.8. The van der Waals surface area contributed by atoms with Gasteiger partial charge in [0.25, 0.3) is 5.91 Å². The van der Waals surface area contributed by atoms with Gasteiger partial charge in [0.1, 0.15) is 12.3 Å². The molecule has 0 fully saturated rings. The molecule has 0 aliphatic heterocycles. The molecule has 1 heterocycles. The zero-order valence-electron chi connectivity index (χ0n) is 20.9. The van der Waals surface area contributed by atoms with E-state index in [1.807, 2.05) is 60.5 Å². The Morgan fingerprint density at radius 3 is 2.31 bits per heavy atom. The number of methoxy groups -OCH3 is 1. The zero-order valence-corrected chi connectivity index (χ0v) is 20.9. The Balaban J connectivity index is 1.51. The summed E-state index contributed by atoms with van der Waals surface area (Å²) in [6.45, 7) is 3.63. The number of hydrogen-bond acceptors (Lipinski definition) is 3. The summed E-state index contributed by atoms with van der Waals surface area (Å²) in [7, 11) is 1.59. The van der Waals surface area contributed by atoms with Gasteiger partial charge in [-0.15, -0.1) is 0 Å². The highest BCUT2D eigenvalue weighted by molar-refractivity contribution is 5.96. The number of H-pyrrole nitrogens is 1. The molecule has 6 heteroatoms. The van der Waals surface area contributed by atoms with E-state index in [-0.39, 0.29) is 18.4 Å². The minimum absolute atomic E-state index is 0.0411. The van der Waals surface area contributed by atoms with Gasteiger partial charge < -0.3 is 19.5 Å². The second kappa shape index (κ2) is 12.1. The van der Waals surface area contributed by atoms with Gasteiger partial charge in [-0.05, 0) is 54.3 Å². The molecule has 3 aromatic carbocycles. The molecule has 6 nitrogen and oxygen atoms in total. The van der Waals surface area contributed by atoms with E-state index in [9.17, 15) is 9.59 Å². The van der Waals surface area contributed by atoms with Gasteiger partial charge in [0.05, 0.1) is 7.11 Å². The summed E-state index contributed by atoms with van der Waals surface area (Å²) < 4.78 is 5.21. The summed E-state index contributed by atoms with van der Waals surface area (Å²) in [4.78, 5) is 33.7. The van der Waals surface area contributed by atoms with Crippen molar-refractivity contribution in [3.05, 3.63) is 102 Å². The van der Waals surface area contributed by atoms with Crippen LogP contribution in [0.15, 0.2) is 85.1 Å². The lowest BCUT2D eigenvalue weighted by atomic mass is 10.1. The number of aromatic amines is 1. The smallest absolute Gasteiger partial charge is 0.254 e. The molecule has 0 spiro atoms. The lowest BCUT2D eigenvalue weighted by molar-refractivity contribution is -0.132. The third-order valence-corrected chi connectivity index (χ3v) is 6.34. The van der Waals surface area contributed by atoms with E-state index in [0.717, 1.165) is 23.9 Å². The topological polar surface area (TPSA) is 65.6 Å². The highest BCUT2D eigenvalue weighted by Crippen LogP contribution is 2.19. The summed E-state index contributed by atoms with van der Waals surface area (Å²) in [5, 5.41) is 1.17. The molecule has 0 aliphatic rings. The van der Waals surface area contributed by atoms with Gasteiger partial charge in [-0.3, -0.25) is 9.59 Å². The average molecular weight is 484 g/mol. The number of ether oxygens (including phenoxy) is 1. The van der Waals surface area contributed by atoms with Crippen LogP contribution in [-0.2, 0) is 17.8 Å². The largest absolute Gasteiger partial charge is 0.497 e. The molecule has 0 radical (unpaired) electrons. The fraction of sp³-hybridized carbons (Fsp3) is 0.267. The fourth-order valence-electron chi connectivity index (χ4n) is 4.39. The van der Waals surface area contributed by atoms with Crippen LogP contribution >= 0.6 is 0 Å². The molecule has 4 rings (SSSR count). The molecule has 4 aromatic rings. The maximum absolute atomic E-state index is 13.6. The van der Waals surface area contributed by atoms with Crippen molar-refractivity contribution < 1.29 is 14.3 Å². The van der Waals surface area contributed by atoms with E-state index >= 15 is 0 Å². The minimum atomic E-state index is -0.149. The van der Waals surface area contributed by atoms with E-state index in [1.54, 1.807) is 36.3 Å². The fourth-order valence-corrected chi connectivity index (χ4v) is 4.39. The number of fused-ring (bicyclic) bond motifs is 1. The summed E-state index contributed by atoms with van der Waals surface area (Å²) in [5.74, 6) is 0.481. The third kappa shape index (κ3) is 6.13. The average Bonchev–Trinajstić information content (AvgIpc) is 3.34. The molecule has 0 saturated carbocycles. The van der Waals surface area contributed by atoms with Crippen molar-refractivity contribution in [2.75, 3.05) is 26.7 Å². The summed E-state index contributed by atoms with van der Waals surface area (Å²) >= 11 is 0. The lowest BCUT2D eigenvalue weighted by Gasteiger charge is -2.28. The van der Waals surface area contributed by atoms with E-state index in [1.165, 1.54) is 10.9 Å². The summed E-state index contributed by atoms with van der Waals surface area (Å²) in [6, 6.07) is 25.2. The molecule has 1 aromatic heterocycles. The monoisotopic (exact) mass is 483 g/mol. The number of nitrogens with zero attached hydrogens (tertiary/aromatic N) is 2. The Labute approximate surface area is 212 Å². The lowest BCUT2D eigenvalue weighted by Crippen LogP contribution is -2.43. The number of carbonyl (C=O) groups excluding carboxylic acids is 2. The molecule has 0 aliphatic carbocycles. The molecule has 2 amide bonds. The molecular formula is C30H33N3O3. The number of rotatable bonds is 11. The van der Waals surface area contributed by atoms with Gasteiger partial charge in [0.15, 0.2) is 0 Å². The Kier molecular flexibility index (Phi) is 8.40. The SMILES string of the molecule is CCCN(CC(=O)N(CCc1c[nH]c2ccccc12)Cc1ccccc1)C(=O)c1ccc(OC)cc1. The van der Waals surface area contributed by atoms with Crippen LogP contribution in [0.3, 0.4) is 0 Å². The first-order chi connectivity index (χ1) is 17.6. The number of nitrogens with one attached hydrogen (secondary N) is 1. The standard InChI is InChI=1S/C30H33N3O3/c1-3-18-33(30(35)24-13-15-26(36-2)16-14-24)22-29(34)32(21-23-9-5-4-6-10-23)19-17-25-20-31-28-12-8-7-11-27(25)28/h4-16,20,31H,3,17-19,21-22H2,1-2H3. The van der Waals surface area contributed by atoms with Crippen molar-refractivity contribution in [3.8, 4) is 5.75 Å². The predicted octanol–water partition coefficient (Wildman–Crippen LogP) is 5.30. The summed E-state index contributed by atoms with van der Waals surface area (Å²) in [6.07, 6.45) is 3.51. The van der Waals surface area contributed by atoms with Crippen LogP contribution in [0, 0.1) is 0 Å². The van der Waals surface area contributed by atoms with Crippen LogP contribution in [0.25, 0.3) is 10.9 Å². The molecule has 186 valence electrons. The Morgan fingerprint density at radius 1 is 0.861 bits per heavy atom. The Hall–Kier alpha value is -4.06. The number of amides is 2. The van der Waals surface area contributed by atoms with Crippen molar-refractivity contribution in [3.63, 3.8) is 0 Å². The van der Waals surface area contributed by atoms with E-state index in [0.29, 0.717) is 30.9 Å². The van der Waals surface area contributed by atoms with Crippen molar-refractivity contribution in [2.45, 2.75) is 26.3 Å². The first-order valence-corrected chi connectivity index (χ1v) is 12.4. The van der Waals surface area contributed by atoms with Crippen LogP contribution in [0.2, 0.25) is 0 Å². The van der Waals surface area contributed by atoms with Gasteiger partial charge in [0, 0.05) is 42.3 Å². The summed E-state index contributed by atoms with van der Waals surface area (Å²) in [5.41, 5.74) is 3.88. The second-order valence-electron chi connectivity index (χ2n) is 8.87. The van der Waals surface area contributed by atoms with Crippen LogP contribution < -0.4 is 4.74 Å². The molecule has 0 saturated heterocycles. The zero-order chi connectivity index (χ0) is 25.3. The maximum Gasteiger partial charge on any atom is 0.254 e. The highest BCUT2D eigenvalue weighted by Gasteiger charge is 2.22. The van der Waals surface area contributed by atoms with Crippen LogP contribution in [0.1, 0.15) is 34.8 Å². The van der Waals surface area contributed by atoms with Crippen molar-refractivity contribution in [2.24, 2.45) is 0 Å². The second-order valence-corrected chi connectivity index (χ2v) is 8.87. The number of benzene rings is 3. The van der Waals surface area contributed by atoms with E-state index in [4.69, 9.17) is 4.74 Å². The van der Waals surface area contributed by atoms with Crippen LogP contribution in [-0.4, -0.2) is 53.3 Å². The number of hydrogen-bond donors (Lipinski definition) is 1. The van der Waals surface area contributed by atoms with Gasteiger partial charge in [0.2, 0.25) is 5.91 Å². The predicted molar refractivity (Wildman–Crippen MR) is 143 cm³/mol. The minimum Gasteiger partial charge on any atom is -0.497 e. The first-order valence-electron chi connectivity index (χ1n) is 12.4. The molecular weight excluding hydrogens is 450 g/mol. The Bertz CT molecular complexity index is 1280. The maximum atomic E-state index is 13.6. The molecule has 0 unspecified atom stereocenters. The van der Waals surface area contributed by atoms with E-state index < -0.39 is 0 Å². The van der Waals surface area contributed by atoms with Gasteiger partial charge >= 0.3 is 0 Å². The van der Waals surface area contributed by atoms with Gasteiger partial charge in [-0.1, -0.05) is 55.5 Å². The number of aromatic nitrogens is 1. The number of carbonyl (C=O) groups is 2. The molecule has 1 N–H and O–H groups in total. The molecule has 0 bridgehead atoms. The number of para-hydroxylation sites is 1. The van der Waals surface area contributed by atoms with Gasteiger partial charge in [-0.2, -0.15) is 0 Å². The molecule has 36 heavy (non-hydrogen) atoms. The highest BCUT2D eigenvalue weighted by atomic mass is 16.5. The van der Waals surface area contributed by atoms with Crippen molar-refractivity contribution >= 4 is 22.7 Å². The first kappa shape index (κ1) is 25.0. The Morgan fingerprint density at radius 2 is 1.58 bits per heavy atom. The van der Waals surface area contributed by atoms with Gasteiger partial charge in [-0.25, -0.2) is 0 Å². The molecule has 0 atom stereocenters. The quantitative estimate of drug-likeness (QED) is 0.315. The van der Waals surface area contributed by atoms with Crippen LogP contribution in [0.4, 0.5) is 0 Å². The third-order valence-electron chi connectivity index (χ3n) is 6.34. The van der Waals surface area contributed by atoms with Crippen molar-refractivity contribution in [1.82, 2.24) is 14.8 Å². The van der Waals surface area contributed by atoms with Crippen LogP contribution in [0.5, 0.6) is 5.75 Å². The van der Waals surface area contributed by atoms with E-state index in [2.05, 4.69) is 17.1 Å². The van der Waals surface area contributed by atoms with Crippen molar-refractivity contribution in [1.29, 1.82) is 0 Å².